The third-order valence-electron chi connectivity index (χ3n) is 5.56. The van der Waals surface area contributed by atoms with Crippen LogP contribution < -0.4 is 10.2 Å². The van der Waals surface area contributed by atoms with Gasteiger partial charge in [0, 0.05) is 24.7 Å². The second kappa shape index (κ2) is 5.76. The van der Waals surface area contributed by atoms with Gasteiger partial charge in [0.05, 0.1) is 0 Å². The highest BCUT2D eigenvalue weighted by molar-refractivity contribution is 5.79. The van der Waals surface area contributed by atoms with Crippen molar-refractivity contribution in [2.75, 3.05) is 24.5 Å². The van der Waals surface area contributed by atoms with Crippen LogP contribution >= 0.6 is 0 Å². The van der Waals surface area contributed by atoms with Crippen molar-refractivity contribution in [1.82, 2.24) is 5.32 Å². The summed E-state index contributed by atoms with van der Waals surface area (Å²) in [7, 11) is 0. The largest absolute Gasteiger partial charge is 0.459 e. The molecule has 1 aromatic rings. The zero-order chi connectivity index (χ0) is 16.9. The molecule has 3 aliphatic rings. The van der Waals surface area contributed by atoms with Gasteiger partial charge < -0.3 is 15.0 Å². The minimum atomic E-state index is -0.442. The molecule has 4 nitrogen and oxygen atoms in total. The lowest BCUT2D eigenvalue weighted by atomic mass is 9.71. The Labute approximate surface area is 144 Å². The van der Waals surface area contributed by atoms with Crippen LogP contribution in [0.1, 0.15) is 50.7 Å². The van der Waals surface area contributed by atoms with Crippen molar-refractivity contribution in [3.8, 4) is 0 Å². The topological polar surface area (TPSA) is 41.6 Å². The number of anilines is 1. The van der Waals surface area contributed by atoms with E-state index >= 15 is 0 Å². The lowest BCUT2D eigenvalue weighted by Gasteiger charge is -2.48. The molecule has 1 N–H and O–H groups in total. The highest BCUT2D eigenvalue weighted by atomic mass is 16.6. The van der Waals surface area contributed by atoms with Crippen molar-refractivity contribution in [3.63, 3.8) is 0 Å². The van der Waals surface area contributed by atoms with Gasteiger partial charge in [-0.25, -0.2) is 0 Å². The first-order valence-electron chi connectivity index (χ1n) is 9.27. The minimum Gasteiger partial charge on any atom is -0.459 e. The van der Waals surface area contributed by atoms with Crippen LogP contribution in [-0.2, 0) is 16.0 Å². The zero-order valence-corrected chi connectivity index (χ0v) is 15.0. The predicted molar refractivity (Wildman–Crippen MR) is 95.5 cm³/mol. The van der Waals surface area contributed by atoms with Crippen molar-refractivity contribution < 1.29 is 9.53 Å². The maximum Gasteiger partial charge on any atom is 0.324 e. The van der Waals surface area contributed by atoms with E-state index in [0.717, 1.165) is 32.5 Å². The molecule has 24 heavy (non-hydrogen) atoms. The van der Waals surface area contributed by atoms with Gasteiger partial charge in [0.15, 0.2) is 0 Å². The van der Waals surface area contributed by atoms with Crippen molar-refractivity contribution in [2.24, 2.45) is 5.92 Å². The number of fused-ring (bicyclic) bond motifs is 2. The average molecular weight is 328 g/mol. The van der Waals surface area contributed by atoms with E-state index in [-0.39, 0.29) is 17.9 Å². The number of rotatable bonds is 1. The van der Waals surface area contributed by atoms with E-state index in [1.807, 2.05) is 20.8 Å². The third kappa shape index (κ3) is 2.71. The van der Waals surface area contributed by atoms with Gasteiger partial charge >= 0.3 is 5.97 Å². The number of hydrogen-bond donors (Lipinski definition) is 1. The van der Waals surface area contributed by atoms with E-state index in [2.05, 4.69) is 28.4 Å². The molecule has 1 aromatic carbocycles. The fraction of sp³-hybridized carbons (Fsp3) is 0.650. The Kier molecular flexibility index (Phi) is 3.83. The fourth-order valence-electron chi connectivity index (χ4n) is 4.74. The SMILES string of the molecule is CC(C)(C)OC(=O)C1NCCC2CN3CCCc4cccc(c43)C21. The molecule has 1 saturated heterocycles. The highest BCUT2D eigenvalue weighted by Crippen LogP contribution is 2.46. The van der Waals surface area contributed by atoms with Crippen molar-refractivity contribution in [3.05, 3.63) is 29.3 Å². The quantitative estimate of drug-likeness (QED) is 0.805. The van der Waals surface area contributed by atoms with E-state index in [4.69, 9.17) is 4.74 Å². The number of aryl methyl sites for hydroxylation is 1. The van der Waals surface area contributed by atoms with Crippen molar-refractivity contribution >= 4 is 11.7 Å². The molecule has 0 saturated carbocycles. The molecule has 130 valence electrons. The van der Waals surface area contributed by atoms with Crippen LogP contribution in [0.3, 0.4) is 0 Å². The fourth-order valence-corrected chi connectivity index (χ4v) is 4.74. The Hall–Kier alpha value is -1.55. The molecular formula is C20H28N2O2. The Morgan fingerprint density at radius 2 is 2.17 bits per heavy atom. The van der Waals surface area contributed by atoms with Crippen LogP contribution in [0, 0.1) is 5.92 Å². The Morgan fingerprint density at radius 3 is 2.96 bits per heavy atom. The van der Waals surface area contributed by atoms with Gasteiger partial charge in [-0.3, -0.25) is 4.79 Å². The molecule has 0 radical (unpaired) electrons. The van der Waals surface area contributed by atoms with Crippen LogP contribution in [0.15, 0.2) is 18.2 Å². The number of benzene rings is 1. The summed E-state index contributed by atoms with van der Waals surface area (Å²) in [5, 5.41) is 3.46. The van der Waals surface area contributed by atoms with Crippen LogP contribution in [0.5, 0.6) is 0 Å². The van der Waals surface area contributed by atoms with Gasteiger partial charge in [0.1, 0.15) is 11.6 Å². The number of para-hydroxylation sites is 1. The van der Waals surface area contributed by atoms with Gasteiger partial charge in [0.2, 0.25) is 0 Å². The monoisotopic (exact) mass is 328 g/mol. The molecule has 0 bridgehead atoms. The molecule has 4 heteroatoms. The van der Waals surface area contributed by atoms with Crippen molar-refractivity contribution in [1.29, 1.82) is 0 Å². The summed E-state index contributed by atoms with van der Waals surface area (Å²) < 4.78 is 5.72. The zero-order valence-electron chi connectivity index (χ0n) is 15.0. The lowest BCUT2D eigenvalue weighted by molar-refractivity contribution is -0.159. The molecule has 4 rings (SSSR count). The Balaban J connectivity index is 1.72. The lowest BCUT2D eigenvalue weighted by Crippen LogP contribution is -2.55. The number of piperidine rings is 1. The second-order valence-corrected chi connectivity index (χ2v) is 8.44. The van der Waals surface area contributed by atoms with E-state index in [0.29, 0.717) is 5.92 Å². The normalized spacial score (nSPS) is 28.8. The summed E-state index contributed by atoms with van der Waals surface area (Å²) in [5.41, 5.74) is 3.77. The van der Waals surface area contributed by atoms with Gasteiger partial charge in [0.25, 0.3) is 0 Å². The number of carbonyl (C=O) groups is 1. The summed E-state index contributed by atoms with van der Waals surface area (Å²) in [6.07, 6.45) is 3.52. The number of hydrogen-bond acceptors (Lipinski definition) is 4. The van der Waals surface area contributed by atoms with Gasteiger partial charge in [-0.2, -0.15) is 0 Å². The molecule has 0 aliphatic carbocycles. The Morgan fingerprint density at radius 1 is 1.33 bits per heavy atom. The molecular weight excluding hydrogens is 300 g/mol. The number of nitrogens with zero attached hydrogens (tertiary/aromatic N) is 1. The first-order valence-corrected chi connectivity index (χ1v) is 9.27. The molecule has 1 fully saturated rings. The van der Waals surface area contributed by atoms with E-state index in [1.165, 1.54) is 23.2 Å². The first-order chi connectivity index (χ1) is 11.4. The molecule has 3 aliphatic heterocycles. The van der Waals surface area contributed by atoms with Gasteiger partial charge in [-0.1, -0.05) is 18.2 Å². The molecule has 3 atom stereocenters. The maximum absolute atomic E-state index is 12.8. The first kappa shape index (κ1) is 15.9. The number of carbonyl (C=O) groups excluding carboxylic acids is 1. The molecule has 0 aromatic heterocycles. The molecule has 0 spiro atoms. The highest BCUT2D eigenvalue weighted by Gasteiger charge is 2.45. The van der Waals surface area contributed by atoms with Crippen LogP contribution in [0.25, 0.3) is 0 Å². The summed E-state index contributed by atoms with van der Waals surface area (Å²) in [5.74, 6) is 0.668. The third-order valence-corrected chi connectivity index (χ3v) is 5.56. The van der Waals surface area contributed by atoms with E-state index in [9.17, 15) is 4.79 Å². The maximum atomic E-state index is 12.8. The number of nitrogens with one attached hydrogen (secondary N) is 1. The molecule has 3 heterocycles. The summed E-state index contributed by atoms with van der Waals surface area (Å²) >= 11 is 0. The second-order valence-electron chi connectivity index (χ2n) is 8.44. The summed E-state index contributed by atoms with van der Waals surface area (Å²) in [6.45, 7) is 8.95. The summed E-state index contributed by atoms with van der Waals surface area (Å²) in [4.78, 5) is 15.4. The van der Waals surface area contributed by atoms with Gasteiger partial charge in [-0.15, -0.1) is 0 Å². The summed E-state index contributed by atoms with van der Waals surface area (Å²) in [6, 6.07) is 6.43. The molecule has 0 amide bonds. The minimum absolute atomic E-state index is 0.0981. The van der Waals surface area contributed by atoms with Crippen LogP contribution in [-0.4, -0.2) is 37.2 Å². The molecule has 3 unspecified atom stereocenters. The standard InChI is InChI=1S/C20H28N2O2/c1-20(2,3)24-19(23)17-16-14(9-10-21-17)12-22-11-5-7-13-6-4-8-15(16)18(13)22/h4,6,8,14,16-17,21H,5,7,9-12H2,1-3H3. The van der Waals surface area contributed by atoms with Crippen LogP contribution in [0.2, 0.25) is 0 Å². The van der Waals surface area contributed by atoms with Crippen molar-refractivity contribution in [2.45, 2.75) is 57.6 Å². The number of ether oxygens (including phenoxy) is 1. The predicted octanol–water partition coefficient (Wildman–Crippen LogP) is 2.86. The van der Waals surface area contributed by atoms with Crippen LogP contribution in [0.4, 0.5) is 5.69 Å². The van der Waals surface area contributed by atoms with E-state index < -0.39 is 5.60 Å². The van der Waals surface area contributed by atoms with E-state index in [1.54, 1.807) is 0 Å². The average Bonchev–Trinajstić information content (AvgIpc) is 2.53. The van der Waals surface area contributed by atoms with Gasteiger partial charge in [-0.05, 0) is 63.6 Å². The smallest absolute Gasteiger partial charge is 0.324 e. The number of esters is 1. The Bertz CT molecular complexity index is 650.